The van der Waals surface area contributed by atoms with Crippen LogP contribution in [0, 0.1) is 0 Å². The molecule has 0 aliphatic carbocycles. The van der Waals surface area contributed by atoms with Crippen molar-refractivity contribution in [2.24, 2.45) is 0 Å². The maximum Gasteiger partial charge on any atom is 0.321 e. The highest BCUT2D eigenvalue weighted by molar-refractivity contribution is 6.73. The summed E-state index contributed by atoms with van der Waals surface area (Å²) in [7, 11) is -5.18. The van der Waals surface area contributed by atoms with Crippen molar-refractivity contribution in [2.75, 3.05) is 13.2 Å². The van der Waals surface area contributed by atoms with Crippen molar-refractivity contribution in [1.29, 1.82) is 0 Å². The summed E-state index contributed by atoms with van der Waals surface area (Å²) in [4.78, 5) is 0. The van der Waals surface area contributed by atoms with Gasteiger partial charge in [0, 0.05) is 13.2 Å². The van der Waals surface area contributed by atoms with Gasteiger partial charge in [0.25, 0.3) is 0 Å². The summed E-state index contributed by atoms with van der Waals surface area (Å²) in [5.41, 5.74) is 0. The molecule has 4 nitrogen and oxygen atoms in total. The van der Waals surface area contributed by atoms with Crippen LogP contribution in [0.2, 0.25) is 52.4 Å². The third-order valence-corrected chi connectivity index (χ3v) is 11.1. The highest BCUT2D eigenvalue weighted by Crippen LogP contribution is 2.11. The van der Waals surface area contributed by atoms with Crippen molar-refractivity contribution in [3.8, 4) is 0 Å². The predicted molar refractivity (Wildman–Crippen MR) is 88.6 cm³/mol. The SMILES string of the molecule is C[Si](C)O[Si](C)(C)OCCCO[Si](C)(C)O[Si](C)C. The van der Waals surface area contributed by atoms with Gasteiger partial charge in [0.1, 0.15) is 0 Å². The topological polar surface area (TPSA) is 36.9 Å². The summed E-state index contributed by atoms with van der Waals surface area (Å²) >= 11 is 0. The summed E-state index contributed by atoms with van der Waals surface area (Å²) in [6, 6.07) is 0. The van der Waals surface area contributed by atoms with Gasteiger partial charge in [0.15, 0.2) is 18.1 Å². The largest absolute Gasteiger partial charge is 0.436 e. The molecule has 0 aromatic rings. The molecule has 0 aliphatic rings. The summed E-state index contributed by atoms with van der Waals surface area (Å²) in [5, 5.41) is 0. The van der Waals surface area contributed by atoms with Crippen molar-refractivity contribution in [3.63, 3.8) is 0 Å². The van der Waals surface area contributed by atoms with Crippen LogP contribution in [0.25, 0.3) is 0 Å². The van der Waals surface area contributed by atoms with Gasteiger partial charge in [-0.1, -0.05) is 0 Å². The van der Waals surface area contributed by atoms with E-state index in [1.54, 1.807) is 0 Å². The maximum absolute atomic E-state index is 5.90. The lowest BCUT2D eigenvalue weighted by Gasteiger charge is -2.27. The van der Waals surface area contributed by atoms with Gasteiger partial charge in [0.05, 0.1) is 0 Å². The van der Waals surface area contributed by atoms with Gasteiger partial charge in [-0.15, -0.1) is 0 Å². The minimum absolute atomic E-state index is 0.674. The van der Waals surface area contributed by atoms with Gasteiger partial charge >= 0.3 is 17.1 Å². The Morgan fingerprint density at radius 3 is 1.26 bits per heavy atom. The minimum Gasteiger partial charge on any atom is -0.436 e. The van der Waals surface area contributed by atoms with Crippen molar-refractivity contribution < 1.29 is 17.1 Å². The predicted octanol–water partition coefficient (Wildman–Crippen LogP) is 3.35. The molecule has 0 atom stereocenters. The average Bonchev–Trinajstić information content (AvgIpc) is 2.11. The molecular weight excluding hydrogens is 308 g/mol. The first-order chi connectivity index (χ1) is 8.54. The van der Waals surface area contributed by atoms with Gasteiger partial charge in [-0.2, -0.15) is 0 Å². The van der Waals surface area contributed by atoms with E-state index in [1.807, 2.05) is 0 Å². The monoisotopic (exact) mass is 338 g/mol. The lowest BCUT2D eigenvalue weighted by molar-refractivity contribution is 0.194. The van der Waals surface area contributed by atoms with E-state index in [-0.39, 0.29) is 0 Å². The van der Waals surface area contributed by atoms with Crippen LogP contribution in [-0.2, 0) is 17.1 Å². The second-order valence-corrected chi connectivity index (χ2v) is 17.3. The lowest BCUT2D eigenvalue weighted by atomic mass is 10.5. The molecule has 0 rings (SSSR count). The molecule has 0 amide bonds. The number of rotatable bonds is 10. The van der Waals surface area contributed by atoms with Crippen molar-refractivity contribution in [3.05, 3.63) is 0 Å². The fourth-order valence-corrected chi connectivity index (χ4v) is 11.3. The van der Waals surface area contributed by atoms with E-state index >= 15 is 0 Å². The van der Waals surface area contributed by atoms with Crippen LogP contribution in [-0.4, -0.2) is 48.4 Å². The van der Waals surface area contributed by atoms with Crippen LogP contribution in [0.5, 0.6) is 0 Å². The fraction of sp³-hybridized carbons (Fsp3) is 1.00. The van der Waals surface area contributed by atoms with Crippen LogP contribution in [0.1, 0.15) is 6.42 Å². The molecule has 19 heavy (non-hydrogen) atoms. The lowest BCUT2D eigenvalue weighted by Crippen LogP contribution is -2.40. The maximum atomic E-state index is 5.90. The van der Waals surface area contributed by atoms with Gasteiger partial charge in [-0.25, -0.2) is 0 Å². The van der Waals surface area contributed by atoms with Gasteiger partial charge in [0.2, 0.25) is 0 Å². The molecule has 0 saturated heterocycles. The Morgan fingerprint density at radius 1 is 0.684 bits per heavy atom. The number of hydrogen-bond acceptors (Lipinski definition) is 4. The quantitative estimate of drug-likeness (QED) is 0.452. The fourth-order valence-electron chi connectivity index (χ4n) is 1.74. The van der Waals surface area contributed by atoms with Crippen LogP contribution in [0.4, 0.5) is 0 Å². The van der Waals surface area contributed by atoms with E-state index in [2.05, 4.69) is 52.4 Å². The van der Waals surface area contributed by atoms with Crippen molar-refractivity contribution >= 4 is 35.2 Å². The summed E-state index contributed by atoms with van der Waals surface area (Å²) in [5.74, 6) is 0. The first kappa shape index (κ1) is 19.7. The van der Waals surface area contributed by atoms with E-state index in [0.29, 0.717) is 0 Å². The Morgan fingerprint density at radius 2 is 1.00 bits per heavy atom. The van der Waals surface area contributed by atoms with Gasteiger partial charge in [-0.3, -0.25) is 0 Å². The molecule has 0 saturated carbocycles. The van der Waals surface area contributed by atoms with E-state index < -0.39 is 35.2 Å². The molecule has 0 aliphatic heterocycles. The minimum atomic E-state index is -1.91. The molecule has 0 spiro atoms. The summed E-state index contributed by atoms with van der Waals surface area (Å²) < 4.78 is 23.6. The molecule has 8 heteroatoms. The normalized spacial score (nSPS) is 13.6. The van der Waals surface area contributed by atoms with E-state index in [9.17, 15) is 0 Å². The van der Waals surface area contributed by atoms with Gasteiger partial charge < -0.3 is 17.1 Å². The molecule has 114 valence electrons. The zero-order chi connectivity index (χ0) is 15.1. The Kier molecular flexibility index (Phi) is 9.21. The second-order valence-electron chi connectivity index (χ2n) is 5.87. The zero-order valence-electron chi connectivity index (χ0n) is 13.8. The molecule has 0 aromatic carbocycles. The van der Waals surface area contributed by atoms with E-state index in [4.69, 9.17) is 17.1 Å². The first-order valence-electron chi connectivity index (χ1n) is 6.80. The summed E-state index contributed by atoms with van der Waals surface area (Å²) in [6.07, 6.45) is 0.907. The molecule has 0 aromatic heterocycles. The third-order valence-electron chi connectivity index (χ3n) is 2.09. The first-order valence-corrected chi connectivity index (χ1v) is 17.3. The Hall–Kier alpha value is 0.708. The Balaban J connectivity index is 3.75. The van der Waals surface area contributed by atoms with E-state index in [1.165, 1.54) is 0 Å². The molecule has 0 heterocycles. The highest BCUT2D eigenvalue weighted by Gasteiger charge is 2.27. The molecule has 0 N–H and O–H groups in total. The Labute approximate surface area is 124 Å². The molecule has 2 radical (unpaired) electrons. The smallest absolute Gasteiger partial charge is 0.321 e. The van der Waals surface area contributed by atoms with Crippen LogP contribution in [0.15, 0.2) is 0 Å². The van der Waals surface area contributed by atoms with Crippen LogP contribution in [0.3, 0.4) is 0 Å². The molecule has 0 bridgehead atoms. The molecule has 0 unspecified atom stereocenters. The van der Waals surface area contributed by atoms with Gasteiger partial charge in [-0.05, 0) is 58.8 Å². The third kappa shape index (κ3) is 12.2. The standard InChI is InChI=1S/C11H30O4Si4/c1-16(2)14-18(5,6)12-10-9-11-13-19(7,8)15-17(3)4/h9-11H2,1-8H3. The molecule has 0 fully saturated rings. The molecular formula is C11H30O4Si4. The van der Waals surface area contributed by atoms with Crippen molar-refractivity contribution in [1.82, 2.24) is 0 Å². The van der Waals surface area contributed by atoms with Crippen molar-refractivity contribution in [2.45, 2.75) is 58.8 Å². The van der Waals surface area contributed by atoms with Crippen LogP contribution >= 0.6 is 0 Å². The zero-order valence-corrected chi connectivity index (χ0v) is 17.8. The van der Waals surface area contributed by atoms with E-state index in [0.717, 1.165) is 19.6 Å². The second kappa shape index (κ2) is 8.88. The highest BCUT2D eigenvalue weighted by atomic mass is 28.4. The van der Waals surface area contributed by atoms with Crippen LogP contribution < -0.4 is 0 Å². The summed E-state index contributed by atoms with van der Waals surface area (Å²) in [6.45, 7) is 18.4. The average molecular weight is 339 g/mol. The Bertz CT molecular complexity index is 223. The number of hydrogen-bond donors (Lipinski definition) is 0.